The van der Waals surface area contributed by atoms with Crippen molar-refractivity contribution in [1.29, 1.82) is 0 Å². The standard InChI is InChI=1S/C8H6BrNO4/c9-3-1-2-4(10)6(8(13)14)5(3)7(11)12/h1-2H,10H2,(H,11,12)(H,13,14). The Morgan fingerprint density at radius 1 is 1.14 bits per heavy atom. The summed E-state index contributed by atoms with van der Waals surface area (Å²) in [5.41, 5.74) is 4.56. The minimum Gasteiger partial charge on any atom is -0.478 e. The van der Waals surface area contributed by atoms with Crippen molar-refractivity contribution in [2.24, 2.45) is 0 Å². The number of hydrogen-bond donors (Lipinski definition) is 3. The number of rotatable bonds is 2. The molecule has 1 aromatic carbocycles. The van der Waals surface area contributed by atoms with Gasteiger partial charge in [-0.2, -0.15) is 0 Å². The lowest BCUT2D eigenvalue weighted by Crippen LogP contribution is -2.11. The van der Waals surface area contributed by atoms with Crippen molar-refractivity contribution in [3.05, 3.63) is 27.7 Å². The van der Waals surface area contributed by atoms with Crippen LogP contribution in [0.25, 0.3) is 0 Å². The summed E-state index contributed by atoms with van der Waals surface area (Å²) >= 11 is 2.95. The summed E-state index contributed by atoms with van der Waals surface area (Å²) in [5, 5.41) is 17.5. The van der Waals surface area contributed by atoms with Crippen molar-refractivity contribution in [3.8, 4) is 0 Å². The molecule has 0 aliphatic rings. The van der Waals surface area contributed by atoms with E-state index in [4.69, 9.17) is 15.9 Å². The number of anilines is 1. The van der Waals surface area contributed by atoms with Gasteiger partial charge in [-0.25, -0.2) is 9.59 Å². The Balaban J connectivity index is 3.58. The first kappa shape index (κ1) is 10.5. The fourth-order valence-electron chi connectivity index (χ4n) is 1.03. The highest BCUT2D eigenvalue weighted by Gasteiger charge is 2.21. The molecule has 14 heavy (non-hydrogen) atoms. The molecule has 0 saturated carbocycles. The number of hydrogen-bond acceptors (Lipinski definition) is 3. The first-order valence-corrected chi connectivity index (χ1v) is 4.29. The third-order valence-electron chi connectivity index (χ3n) is 1.61. The van der Waals surface area contributed by atoms with Gasteiger partial charge >= 0.3 is 11.9 Å². The topological polar surface area (TPSA) is 101 Å². The molecule has 4 N–H and O–H groups in total. The van der Waals surface area contributed by atoms with Crippen LogP contribution < -0.4 is 5.73 Å². The van der Waals surface area contributed by atoms with E-state index in [1.807, 2.05) is 0 Å². The molecule has 0 aliphatic heterocycles. The molecule has 0 unspecified atom stereocenters. The smallest absolute Gasteiger partial charge is 0.338 e. The van der Waals surface area contributed by atoms with Crippen LogP contribution in [-0.2, 0) is 0 Å². The Kier molecular flexibility index (Phi) is 2.76. The Labute approximate surface area is 87.3 Å². The van der Waals surface area contributed by atoms with Gasteiger partial charge in [-0.15, -0.1) is 0 Å². The molecule has 0 spiro atoms. The molecule has 74 valence electrons. The highest BCUT2D eigenvalue weighted by Crippen LogP contribution is 2.25. The van der Waals surface area contributed by atoms with E-state index in [0.717, 1.165) is 0 Å². The molecule has 0 bridgehead atoms. The Hall–Kier alpha value is -1.56. The van der Waals surface area contributed by atoms with Gasteiger partial charge in [0.15, 0.2) is 0 Å². The zero-order valence-electron chi connectivity index (χ0n) is 6.82. The Morgan fingerprint density at radius 2 is 1.64 bits per heavy atom. The summed E-state index contributed by atoms with van der Waals surface area (Å²) in [7, 11) is 0. The lowest BCUT2D eigenvalue weighted by Gasteiger charge is -2.06. The van der Waals surface area contributed by atoms with Crippen molar-refractivity contribution in [1.82, 2.24) is 0 Å². The molecule has 0 fully saturated rings. The zero-order valence-corrected chi connectivity index (χ0v) is 8.41. The molecule has 0 aromatic heterocycles. The fraction of sp³-hybridized carbons (Fsp3) is 0. The lowest BCUT2D eigenvalue weighted by molar-refractivity contribution is 0.0651. The fourth-order valence-corrected chi connectivity index (χ4v) is 1.53. The van der Waals surface area contributed by atoms with E-state index in [9.17, 15) is 9.59 Å². The first-order valence-electron chi connectivity index (χ1n) is 3.49. The van der Waals surface area contributed by atoms with E-state index in [0.29, 0.717) is 0 Å². The van der Waals surface area contributed by atoms with Crippen molar-refractivity contribution in [2.45, 2.75) is 0 Å². The van der Waals surface area contributed by atoms with Crippen molar-refractivity contribution < 1.29 is 19.8 Å². The van der Waals surface area contributed by atoms with Crippen LogP contribution in [0.15, 0.2) is 16.6 Å². The van der Waals surface area contributed by atoms with E-state index in [1.54, 1.807) is 0 Å². The molecule has 1 aromatic rings. The van der Waals surface area contributed by atoms with Gasteiger partial charge in [-0.1, -0.05) is 0 Å². The molecule has 0 heterocycles. The number of carboxylic acid groups (broad SMARTS) is 2. The lowest BCUT2D eigenvalue weighted by atomic mass is 10.1. The predicted octanol–water partition coefficient (Wildman–Crippen LogP) is 1.43. The zero-order chi connectivity index (χ0) is 10.9. The molecule has 0 saturated heterocycles. The summed E-state index contributed by atoms with van der Waals surface area (Å²) in [4.78, 5) is 21.5. The monoisotopic (exact) mass is 259 g/mol. The second-order valence-electron chi connectivity index (χ2n) is 2.50. The van der Waals surface area contributed by atoms with E-state index in [2.05, 4.69) is 15.9 Å². The summed E-state index contributed by atoms with van der Waals surface area (Å²) < 4.78 is 0.191. The van der Waals surface area contributed by atoms with Gasteiger partial charge in [0.1, 0.15) is 0 Å². The number of halogens is 1. The Morgan fingerprint density at radius 3 is 2.00 bits per heavy atom. The van der Waals surface area contributed by atoms with Crippen LogP contribution in [0.5, 0.6) is 0 Å². The van der Waals surface area contributed by atoms with Crippen LogP contribution in [0.3, 0.4) is 0 Å². The maximum Gasteiger partial charge on any atom is 0.338 e. The highest BCUT2D eigenvalue weighted by molar-refractivity contribution is 9.10. The number of nitrogens with two attached hydrogens (primary N) is 1. The van der Waals surface area contributed by atoms with Crippen molar-refractivity contribution >= 4 is 33.6 Å². The minimum absolute atomic E-state index is 0.0712. The minimum atomic E-state index is -1.36. The van der Waals surface area contributed by atoms with Crippen molar-refractivity contribution in [2.75, 3.05) is 5.73 Å². The molecule has 0 amide bonds. The molecule has 0 aliphatic carbocycles. The highest BCUT2D eigenvalue weighted by atomic mass is 79.9. The van der Waals surface area contributed by atoms with E-state index in [1.165, 1.54) is 12.1 Å². The van der Waals surface area contributed by atoms with Crippen LogP contribution in [0, 0.1) is 0 Å². The average molecular weight is 260 g/mol. The van der Waals surface area contributed by atoms with Crippen LogP contribution in [0.2, 0.25) is 0 Å². The second kappa shape index (κ2) is 3.67. The van der Waals surface area contributed by atoms with Crippen LogP contribution in [-0.4, -0.2) is 22.2 Å². The van der Waals surface area contributed by atoms with Gasteiger partial charge in [0.05, 0.1) is 11.1 Å². The number of benzene rings is 1. The van der Waals surface area contributed by atoms with Gasteiger partial charge in [0.2, 0.25) is 0 Å². The van der Waals surface area contributed by atoms with Gasteiger partial charge in [-0.3, -0.25) is 0 Å². The van der Waals surface area contributed by atoms with E-state index >= 15 is 0 Å². The SMILES string of the molecule is Nc1ccc(Br)c(C(=O)O)c1C(=O)O. The van der Waals surface area contributed by atoms with Gasteiger partial charge < -0.3 is 15.9 Å². The van der Waals surface area contributed by atoms with E-state index < -0.39 is 17.5 Å². The molecule has 5 nitrogen and oxygen atoms in total. The Bertz CT molecular complexity index is 377. The third kappa shape index (κ3) is 1.69. The second-order valence-corrected chi connectivity index (χ2v) is 3.35. The first-order chi connectivity index (χ1) is 6.45. The van der Waals surface area contributed by atoms with Crippen LogP contribution in [0.1, 0.15) is 20.7 Å². The molecular formula is C8H6BrNO4. The van der Waals surface area contributed by atoms with Crippen LogP contribution in [0.4, 0.5) is 5.69 Å². The number of carboxylic acids is 2. The summed E-state index contributed by atoms with van der Waals surface area (Å²) in [5.74, 6) is -2.69. The van der Waals surface area contributed by atoms with Gasteiger partial charge in [0.25, 0.3) is 0 Å². The number of nitrogen functional groups attached to an aromatic ring is 1. The normalized spacial score (nSPS) is 9.79. The predicted molar refractivity (Wildman–Crippen MR) is 52.5 cm³/mol. The third-order valence-corrected chi connectivity index (χ3v) is 2.28. The molecular weight excluding hydrogens is 254 g/mol. The molecule has 0 atom stereocenters. The number of carbonyl (C=O) groups is 2. The maximum absolute atomic E-state index is 10.8. The van der Waals surface area contributed by atoms with Crippen molar-refractivity contribution in [3.63, 3.8) is 0 Å². The van der Waals surface area contributed by atoms with E-state index in [-0.39, 0.29) is 15.7 Å². The molecule has 0 radical (unpaired) electrons. The quantitative estimate of drug-likeness (QED) is 0.698. The van der Waals surface area contributed by atoms with Gasteiger partial charge in [0, 0.05) is 10.2 Å². The summed E-state index contributed by atoms with van der Waals surface area (Å²) in [6, 6.07) is 2.73. The number of aromatic carboxylic acids is 2. The molecule has 6 heteroatoms. The average Bonchev–Trinajstić information content (AvgIpc) is 2.07. The largest absolute Gasteiger partial charge is 0.478 e. The van der Waals surface area contributed by atoms with Gasteiger partial charge in [-0.05, 0) is 28.1 Å². The maximum atomic E-state index is 10.8. The molecule has 1 rings (SSSR count). The van der Waals surface area contributed by atoms with Crippen LogP contribution >= 0.6 is 15.9 Å². The summed E-state index contributed by atoms with van der Waals surface area (Å²) in [6.07, 6.45) is 0. The summed E-state index contributed by atoms with van der Waals surface area (Å²) in [6.45, 7) is 0.